The fraction of sp³-hybridized carbons (Fsp3) is 0.455. The first kappa shape index (κ1) is 13.9. The highest BCUT2D eigenvalue weighted by atomic mass is 16.6. The fourth-order valence-corrected chi connectivity index (χ4v) is 1.67. The number of anilines is 1. The van der Waals surface area contributed by atoms with Gasteiger partial charge in [0, 0.05) is 23.7 Å². The van der Waals surface area contributed by atoms with Gasteiger partial charge < -0.3 is 11.1 Å². The van der Waals surface area contributed by atoms with Crippen LogP contribution in [-0.2, 0) is 4.79 Å². The number of nitro groups is 1. The van der Waals surface area contributed by atoms with Crippen LogP contribution < -0.4 is 11.1 Å². The van der Waals surface area contributed by atoms with Gasteiger partial charge in [-0.05, 0) is 26.8 Å². The lowest BCUT2D eigenvalue weighted by atomic mass is 10.00. The standard InChI is InChI=1S/C11H16N4O3/c1-7-4-5-13-10(9(7)15(17)18)14-11(2,3)6-8(12)16/h4-5H,6H2,1-3H3,(H2,12,16)(H,13,14). The molecule has 0 aliphatic carbocycles. The zero-order valence-electron chi connectivity index (χ0n) is 10.6. The lowest BCUT2D eigenvalue weighted by Crippen LogP contribution is -2.36. The number of nitrogens with zero attached hydrogens (tertiary/aromatic N) is 2. The summed E-state index contributed by atoms with van der Waals surface area (Å²) in [5.41, 5.74) is 4.85. The molecular weight excluding hydrogens is 236 g/mol. The van der Waals surface area contributed by atoms with E-state index in [1.165, 1.54) is 6.20 Å². The molecule has 3 N–H and O–H groups in total. The molecule has 0 unspecified atom stereocenters. The summed E-state index contributed by atoms with van der Waals surface area (Å²) in [7, 11) is 0. The van der Waals surface area contributed by atoms with Crippen molar-refractivity contribution >= 4 is 17.4 Å². The lowest BCUT2D eigenvalue weighted by Gasteiger charge is -2.25. The molecule has 7 nitrogen and oxygen atoms in total. The van der Waals surface area contributed by atoms with Gasteiger partial charge in [0.05, 0.1) is 4.92 Å². The van der Waals surface area contributed by atoms with Gasteiger partial charge >= 0.3 is 5.69 Å². The summed E-state index contributed by atoms with van der Waals surface area (Å²) in [5.74, 6) is -0.339. The Morgan fingerprint density at radius 3 is 2.72 bits per heavy atom. The van der Waals surface area contributed by atoms with Crippen LogP contribution in [0.3, 0.4) is 0 Å². The van der Waals surface area contributed by atoms with E-state index >= 15 is 0 Å². The van der Waals surface area contributed by atoms with Crippen LogP contribution in [0.1, 0.15) is 25.8 Å². The second-order valence-corrected chi connectivity index (χ2v) is 4.73. The van der Waals surface area contributed by atoms with Crippen LogP contribution >= 0.6 is 0 Å². The molecule has 1 aromatic rings. The number of carbonyl (C=O) groups excluding carboxylic acids is 1. The normalized spacial score (nSPS) is 11.1. The third-order valence-corrected chi connectivity index (χ3v) is 2.38. The van der Waals surface area contributed by atoms with Crippen molar-refractivity contribution in [1.29, 1.82) is 0 Å². The lowest BCUT2D eigenvalue weighted by molar-refractivity contribution is -0.384. The number of aromatic nitrogens is 1. The van der Waals surface area contributed by atoms with Crippen LogP contribution in [0, 0.1) is 17.0 Å². The van der Waals surface area contributed by atoms with Crippen molar-refractivity contribution in [3.63, 3.8) is 0 Å². The fourth-order valence-electron chi connectivity index (χ4n) is 1.67. The molecule has 0 aliphatic rings. The van der Waals surface area contributed by atoms with E-state index in [-0.39, 0.29) is 17.9 Å². The minimum atomic E-state index is -0.697. The highest BCUT2D eigenvalue weighted by Gasteiger charge is 2.26. The van der Waals surface area contributed by atoms with Gasteiger partial charge in [-0.1, -0.05) is 0 Å². The summed E-state index contributed by atoms with van der Waals surface area (Å²) in [6.07, 6.45) is 1.53. The highest BCUT2D eigenvalue weighted by Crippen LogP contribution is 2.28. The van der Waals surface area contributed by atoms with Crippen molar-refractivity contribution in [1.82, 2.24) is 4.98 Å². The molecule has 0 saturated carbocycles. The number of hydrogen-bond donors (Lipinski definition) is 2. The first-order valence-corrected chi connectivity index (χ1v) is 5.39. The molecule has 0 atom stereocenters. The zero-order chi connectivity index (χ0) is 13.9. The van der Waals surface area contributed by atoms with E-state index in [0.717, 1.165) is 0 Å². The van der Waals surface area contributed by atoms with Crippen LogP contribution in [0.25, 0.3) is 0 Å². The predicted molar refractivity (Wildman–Crippen MR) is 67.1 cm³/mol. The molecule has 0 saturated heterocycles. The number of pyridine rings is 1. The first-order chi connectivity index (χ1) is 8.23. The molecule has 7 heteroatoms. The molecule has 0 bridgehead atoms. The molecule has 0 aliphatic heterocycles. The Labute approximate surface area is 105 Å². The molecule has 1 aromatic heterocycles. The van der Waals surface area contributed by atoms with E-state index < -0.39 is 16.4 Å². The largest absolute Gasteiger partial charge is 0.370 e. The molecule has 1 amide bonds. The molecule has 0 fully saturated rings. The van der Waals surface area contributed by atoms with Gasteiger partial charge in [0.2, 0.25) is 11.7 Å². The second kappa shape index (κ2) is 4.99. The summed E-state index contributed by atoms with van der Waals surface area (Å²) < 4.78 is 0. The molecule has 98 valence electrons. The van der Waals surface area contributed by atoms with Crippen LogP contribution in [0.2, 0.25) is 0 Å². The van der Waals surface area contributed by atoms with Crippen molar-refractivity contribution in [3.05, 3.63) is 27.9 Å². The number of aryl methyl sites for hydroxylation is 1. The Balaban J connectivity index is 3.08. The van der Waals surface area contributed by atoms with Crippen molar-refractivity contribution in [2.75, 3.05) is 5.32 Å². The number of hydrogen-bond acceptors (Lipinski definition) is 5. The molecule has 18 heavy (non-hydrogen) atoms. The zero-order valence-corrected chi connectivity index (χ0v) is 10.6. The Kier molecular flexibility index (Phi) is 3.85. The number of nitrogens with two attached hydrogens (primary N) is 1. The van der Waals surface area contributed by atoms with E-state index in [2.05, 4.69) is 10.3 Å². The quantitative estimate of drug-likeness (QED) is 0.607. The molecule has 1 heterocycles. The predicted octanol–water partition coefficient (Wildman–Crippen LogP) is 1.36. The summed E-state index contributed by atoms with van der Waals surface area (Å²) in [4.78, 5) is 25.4. The van der Waals surface area contributed by atoms with Crippen molar-refractivity contribution in [3.8, 4) is 0 Å². The molecule has 0 radical (unpaired) electrons. The molecular formula is C11H16N4O3. The van der Waals surface area contributed by atoms with E-state index in [1.807, 2.05) is 0 Å². The summed E-state index contributed by atoms with van der Waals surface area (Å²) in [6.45, 7) is 5.09. The number of rotatable bonds is 5. The Hall–Kier alpha value is -2.18. The monoisotopic (exact) mass is 252 g/mol. The van der Waals surface area contributed by atoms with Crippen LogP contribution in [-0.4, -0.2) is 21.4 Å². The first-order valence-electron chi connectivity index (χ1n) is 5.39. The summed E-state index contributed by atoms with van der Waals surface area (Å²) in [5, 5.41) is 13.9. The third-order valence-electron chi connectivity index (χ3n) is 2.38. The second-order valence-electron chi connectivity index (χ2n) is 4.73. The van der Waals surface area contributed by atoms with Crippen LogP contribution in [0.5, 0.6) is 0 Å². The molecule has 1 rings (SSSR count). The summed E-state index contributed by atoms with van der Waals surface area (Å²) >= 11 is 0. The van der Waals surface area contributed by atoms with Crippen molar-refractivity contribution < 1.29 is 9.72 Å². The Morgan fingerprint density at radius 2 is 2.22 bits per heavy atom. The van der Waals surface area contributed by atoms with Crippen molar-refractivity contribution in [2.24, 2.45) is 5.73 Å². The number of carbonyl (C=O) groups is 1. The third kappa shape index (κ3) is 3.41. The number of nitrogens with one attached hydrogen (secondary N) is 1. The van der Waals surface area contributed by atoms with Gasteiger partial charge in [0.15, 0.2) is 0 Å². The van der Waals surface area contributed by atoms with Gasteiger partial charge in [0.1, 0.15) is 0 Å². The summed E-state index contributed by atoms with van der Waals surface area (Å²) in [6, 6.07) is 1.56. The van der Waals surface area contributed by atoms with Gasteiger partial charge in [-0.15, -0.1) is 0 Å². The smallest absolute Gasteiger partial charge is 0.314 e. The van der Waals surface area contributed by atoms with Crippen LogP contribution in [0.15, 0.2) is 12.3 Å². The Bertz CT molecular complexity index is 485. The maximum atomic E-state index is 11.0. The maximum Gasteiger partial charge on any atom is 0.314 e. The van der Waals surface area contributed by atoms with E-state index in [1.54, 1.807) is 26.8 Å². The average Bonchev–Trinajstić information content (AvgIpc) is 2.13. The average molecular weight is 252 g/mol. The van der Waals surface area contributed by atoms with Gasteiger partial charge in [-0.2, -0.15) is 0 Å². The number of amides is 1. The van der Waals surface area contributed by atoms with Crippen LogP contribution in [0.4, 0.5) is 11.5 Å². The van der Waals surface area contributed by atoms with E-state index in [4.69, 9.17) is 5.73 Å². The van der Waals surface area contributed by atoms with E-state index in [0.29, 0.717) is 5.56 Å². The SMILES string of the molecule is Cc1ccnc(NC(C)(C)CC(N)=O)c1[N+](=O)[O-]. The Morgan fingerprint density at radius 1 is 1.61 bits per heavy atom. The minimum absolute atomic E-state index is 0.0553. The van der Waals surface area contributed by atoms with Gasteiger partial charge in [-0.3, -0.25) is 14.9 Å². The van der Waals surface area contributed by atoms with E-state index in [9.17, 15) is 14.9 Å². The minimum Gasteiger partial charge on any atom is -0.370 e. The van der Waals surface area contributed by atoms with Gasteiger partial charge in [-0.25, -0.2) is 4.98 Å². The van der Waals surface area contributed by atoms with Crippen molar-refractivity contribution in [2.45, 2.75) is 32.7 Å². The topological polar surface area (TPSA) is 111 Å². The van der Waals surface area contributed by atoms with Gasteiger partial charge in [0.25, 0.3) is 0 Å². The molecule has 0 aromatic carbocycles. The number of primary amides is 1. The highest BCUT2D eigenvalue weighted by molar-refractivity contribution is 5.76. The maximum absolute atomic E-state index is 11.0. The molecule has 0 spiro atoms.